The first-order valence-electron chi connectivity index (χ1n) is 8.56. The maximum Gasteiger partial charge on any atom is 0.336 e. The third-order valence-electron chi connectivity index (χ3n) is 4.96. The molecule has 2 aromatic carbocycles. The van der Waals surface area contributed by atoms with Crippen LogP contribution in [0, 0.1) is 5.92 Å². The highest BCUT2D eigenvalue weighted by atomic mass is 16.5. The first-order valence-corrected chi connectivity index (χ1v) is 8.56. The van der Waals surface area contributed by atoms with Crippen molar-refractivity contribution in [3.8, 4) is 0 Å². The number of esters is 1. The molecular formula is C21H19NO3. The Morgan fingerprint density at radius 1 is 1.12 bits per heavy atom. The lowest BCUT2D eigenvalue weighted by atomic mass is 9.80. The zero-order chi connectivity index (χ0) is 17.4. The monoisotopic (exact) mass is 333 g/mol. The largest absolute Gasteiger partial charge is 0.463 e. The molecule has 1 heterocycles. The Morgan fingerprint density at radius 2 is 1.84 bits per heavy atom. The van der Waals surface area contributed by atoms with Gasteiger partial charge < -0.3 is 10.1 Å². The van der Waals surface area contributed by atoms with Crippen molar-refractivity contribution < 1.29 is 14.3 Å². The van der Waals surface area contributed by atoms with Gasteiger partial charge in [0.1, 0.15) is 0 Å². The molecule has 4 heteroatoms. The van der Waals surface area contributed by atoms with E-state index in [-0.39, 0.29) is 23.7 Å². The van der Waals surface area contributed by atoms with Crippen molar-refractivity contribution in [2.45, 2.75) is 19.3 Å². The van der Waals surface area contributed by atoms with Gasteiger partial charge in [0.25, 0.3) is 0 Å². The normalized spacial score (nSPS) is 21.4. The summed E-state index contributed by atoms with van der Waals surface area (Å²) in [6, 6.07) is 17.4. The second-order valence-corrected chi connectivity index (χ2v) is 6.35. The van der Waals surface area contributed by atoms with Crippen molar-refractivity contribution >= 4 is 17.6 Å². The molecule has 0 bridgehead atoms. The van der Waals surface area contributed by atoms with Crippen molar-refractivity contribution in [3.05, 3.63) is 76.9 Å². The van der Waals surface area contributed by atoms with Crippen molar-refractivity contribution in [2.75, 3.05) is 6.61 Å². The third-order valence-corrected chi connectivity index (χ3v) is 4.96. The minimum absolute atomic E-state index is 0.0538. The van der Waals surface area contributed by atoms with E-state index >= 15 is 0 Å². The Balaban J connectivity index is 1.87. The number of carbonyl (C=O) groups is 2. The van der Waals surface area contributed by atoms with Crippen LogP contribution in [0.2, 0.25) is 0 Å². The zero-order valence-corrected chi connectivity index (χ0v) is 14.0. The smallest absolute Gasteiger partial charge is 0.336 e. The van der Waals surface area contributed by atoms with Gasteiger partial charge in [-0.25, -0.2) is 4.79 Å². The van der Waals surface area contributed by atoms with Crippen LogP contribution in [0.3, 0.4) is 0 Å². The molecule has 0 aromatic heterocycles. The average Bonchev–Trinajstić information content (AvgIpc) is 3.02. The highest BCUT2D eigenvalue weighted by Crippen LogP contribution is 2.46. The van der Waals surface area contributed by atoms with Crippen molar-refractivity contribution in [2.24, 2.45) is 5.92 Å². The predicted molar refractivity (Wildman–Crippen MR) is 94.5 cm³/mol. The molecule has 25 heavy (non-hydrogen) atoms. The summed E-state index contributed by atoms with van der Waals surface area (Å²) in [6.45, 7) is 2.10. The van der Waals surface area contributed by atoms with E-state index < -0.39 is 0 Å². The number of rotatable bonds is 3. The van der Waals surface area contributed by atoms with Gasteiger partial charge in [0.15, 0.2) is 0 Å². The Kier molecular flexibility index (Phi) is 3.88. The standard InChI is InChI=1S/C21H19NO3/c1-2-25-21(24)18-16-12-14-10-6-7-11-15(14)17(16)20(23)22-19(18)13-8-4-3-5-9-13/h3-11,16-17H,2,12H2,1H3,(H,22,23)/t16-,17+/m1/s1. The van der Waals surface area contributed by atoms with E-state index in [4.69, 9.17) is 4.74 Å². The fourth-order valence-corrected chi connectivity index (χ4v) is 3.94. The lowest BCUT2D eigenvalue weighted by molar-refractivity contribution is -0.139. The van der Waals surface area contributed by atoms with Crippen LogP contribution in [-0.2, 0) is 20.7 Å². The van der Waals surface area contributed by atoms with Crippen LogP contribution >= 0.6 is 0 Å². The molecule has 0 radical (unpaired) electrons. The van der Waals surface area contributed by atoms with Gasteiger partial charge >= 0.3 is 5.97 Å². The van der Waals surface area contributed by atoms with Crippen molar-refractivity contribution in [1.29, 1.82) is 0 Å². The third kappa shape index (κ3) is 2.54. The lowest BCUT2D eigenvalue weighted by Gasteiger charge is -2.30. The molecule has 126 valence electrons. The molecule has 0 spiro atoms. The molecule has 1 N–H and O–H groups in total. The van der Waals surface area contributed by atoms with Crippen molar-refractivity contribution in [1.82, 2.24) is 5.32 Å². The molecule has 2 aliphatic rings. The van der Waals surface area contributed by atoms with E-state index in [0.29, 0.717) is 24.3 Å². The number of benzene rings is 2. The number of nitrogens with one attached hydrogen (secondary N) is 1. The number of carbonyl (C=O) groups excluding carboxylic acids is 2. The molecule has 0 fully saturated rings. The van der Waals surface area contributed by atoms with E-state index in [1.54, 1.807) is 6.92 Å². The van der Waals surface area contributed by atoms with Crippen LogP contribution in [0.15, 0.2) is 60.2 Å². The summed E-state index contributed by atoms with van der Waals surface area (Å²) in [5.74, 6) is -0.908. The summed E-state index contributed by atoms with van der Waals surface area (Å²) in [7, 11) is 0. The highest BCUT2D eigenvalue weighted by molar-refractivity contribution is 6.06. The molecule has 1 amide bonds. The molecule has 1 aliphatic heterocycles. The Labute approximate surface area is 146 Å². The summed E-state index contributed by atoms with van der Waals surface area (Å²) >= 11 is 0. The van der Waals surface area contributed by atoms with Crippen LogP contribution in [0.25, 0.3) is 5.70 Å². The van der Waals surface area contributed by atoms with E-state index in [1.165, 1.54) is 0 Å². The van der Waals surface area contributed by atoms with Gasteiger partial charge in [-0.2, -0.15) is 0 Å². The maximum atomic E-state index is 12.9. The highest BCUT2D eigenvalue weighted by Gasteiger charge is 2.46. The summed E-state index contributed by atoms with van der Waals surface area (Å²) in [5, 5.41) is 2.97. The number of hydrogen-bond donors (Lipinski definition) is 1. The van der Waals surface area contributed by atoms with E-state index in [0.717, 1.165) is 16.7 Å². The summed E-state index contributed by atoms with van der Waals surface area (Å²) in [5.41, 5.74) is 4.13. The van der Waals surface area contributed by atoms with Gasteiger partial charge in [-0.3, -0.25) is 4.79 Å². The Bertz CT molecular complexity index is 870. The van der Waals surface area contributed by atoms with Gasteiger partial charge in [-0.15, -0.1) is 0 Å². The number of amides is 1. The van der Waals surface area contributed by atoms with Gasteiger partial charge in [0.2, 0.25) is 5.91 Å². The molecule has 4 rings (SSSR count). The van der Waals surface area contributed by atoms with Crippen LogP contribution < -0.4 is 5.32 Å². The molecule has 0 saturated carbocycles. The summed E-state index contributed by atoms with van der Waals surface area (Å²) in [6.07, 6.45) is 0.679. The second kappa shape index (κ2) is 6.20. The number of fused-ring (bicyclic) bond motifs is 3. The number of hydrogen-bond acceptors (Lipinski definition) is 3. The van der Waals surface area contributed by atoms with E-state index in [2.05, 4.69) is 5.32 Å². The first-order chi connectivity index (χ1) is 12.2. The summed E-state index contributed by atoms with van der Waals surface area (Å²) in [4.78, 5) is 25.6. The SMILES string of the molecule is CCOC(=O)C1=C(c2ccccc2)NC(=O)[C@H]2c3ccccc3C[C@@H]12. The van der Waals surface area contributed by atoms with Gasteiger partial charge in [-0.05, 0) is 30.0 Å². The van der Waals surface area contributed by atoms with E-state index in [1.807, 2.05) is 54.6 Å². The Hall–Kier alpha value is -2.88. The molecule has 2 atom stereocenters. The Morgan fingerprint density at radius 3 is 2.60 bits per heavy atom. The molecule has 0 unspecified atom stereocenters. The quantitative estimate of drug-likeness (QED) is 0.879. The molecule has 1 aliphatic carbocycles. The van der Waals surface area contributed by atoms with Gasteiger partial charge in [0.05, 0.1) is 23.8 Å². The molecule has 2 aromatic rings. The van der Waals surface area contributed by atoms with E-state index in [9.17, 15) is 9.59 Å². The fraction of sp³-hybridized carbons (Fsp3) is 0.238. The maximum absolute atomic E-state index is 12.9. The van der Waals surface area contributed by atoms with Crippen LogP contribution in [0.5, 0.6) is 0 Å². The first kappa shape index (κ1) is 15.6. The second-order valence-electron chi connectivity index (χ2n) is 6.35. The number of ether oxygens (including phenoxy) is 1. The topological polar surface area (TPSA) is 55.4 Å². The molecule has 0 saturated heterocycles. The van der Waals surface area contributed by atoms with Crippen LogP contribution in [0.4, 0.5) is 0 Å². The van der Waals surface area contributed by atoms with Gasteiger partial charge in [0, 0.05) is 5.92 Å². The minimum atomic E-state index is -0.343. The van der Waals surface area contributed by atoms with Crippen molar-refractivity contribution in [3.63, 3.8) is 0 Å². The molecular weight excluding hydrogens is 314 g/mol. The van der Waals surface area contributed by atoms with Gasteiger partial charge in [-0.1, -0.05) is 54.6 Å². The van der Waals surface area contributed by atoms with Crippen LogP contribution in [-0.4, -0.2) is 18.5 Å². The van der Waals surface area contributed by atoms with Crippen LogP contribution in [0.1, 0.15) is 29.5 Å². The lowest BCUT2D eigenvalue weighted by Crippen LogP contribution is -2.40. The molecule has 4 nitrogen and oxygen atoms in total. The minimum Gasteiger partial charge on any atom is -0.463 e. The zero-order valence-electron chi connectivity index (χ0n) is 14.0. The fourth-order valence-electron chi connectivity index (χ4n) is 3.94. The summed E-state index contributed by atoms with van der Waals surface area (Å²) < 4.78 is 5.33. The average molecular weight is 333 g/mol. The predicted octanol–water partition coefficient (Wildman–Crippen LogP) is 3.05.